The summed E-state index contributed by atoms with van der Waals surface area (Å²) in [7, 11) is 1.58. The number of hydrogen-bond acceptors (Lipinski definition) is 4. The number of halogens is 2. The van der Waals surface area contributed by atoms with E-state index in [1.165, 1.54) is 24.6 Å². The van der Waals surface area contributed by atoms with Crippen LogP contribution in [0.25, 0.3) is 0 Å². The average molecular weight is 375 g/mol. The molecule has 2 rings (SSSR count). The molecule has 1 aliphatic rings. The first-order valence-electron chi connectivity index (χ1n) is 8.50. The van der Waals surface area contributed by atoms with Gasteiger partial charge in [-0.05, 0) is 36.9 Å². The molecule has 1 aliphatic carbocycles. The molecule has 1 fully saturated rings. The third kappa shape index (κ3) is 6.45. The number of nitrogens with two attached hydrogens (primary N) is 1. The number of hydrogen-bond donors (Lipinski definition) is 2. The van der Waals surface area contributed by atoms with Crippen LogP contribution < -0.4 is 15.8 Å². The van der Waals surface area contributed by atoms with Crippen LogP contribution in [0.4, 0.5) is 10.1 Å². The van der Waals surface area contributed by atoms with Crippen LogP contribution in [-0.2, 0) is 9.53 Å². The van der Waals surface area contributed by atoms with Gasteiger partial charge in [0.25, 0.3) is 0 Å². The van der Waals surface area contributed by atoms with Gasteiger partial charge in [-0.3, -0.25) is 4.79 Å². The van der Waals surface area contributed by atoms with E-state index >= 15 is 0 Å². The first-order chi connectivity index (χ1) is 11.6. The lowest BCUT2D eigenvalue weighted by Gasteiger charge is -2.35. The van der Waals surface area contributed by atoms with E-state index in [0.29, 0.717) is 37.6 Å². The number of amides is 1. The monoisotopic (exact) mass is 374 g/mol. The van der Waals surface area contributed by atoms with Gasteiger partial charge in [-0.1, -0.05) is 19.3 Å². The lowest BCUT2D eigenvalue weighted by molar-refractivity contribution is -0.118. The van der Waals surface area contributed by atoms with Crippen molar-refractivity contribution in [3.63, 3.8) is 0 Å². The third-order valence-electron chi connectivity index (χ3n) is 4.64. The van der Waals surface area contributed by atoms with Gasteiger partial charge < -0.3 is 20.5 Å². The van der Waals surface area contributed by atoms with Gasteiger partial charge in [0, 0.05) is 19.6 Å². The minimum absolute atomic E-state index is 0. The Morgan fingerprint density at radius 1 is 1.28 bits per heavy atom. The molecule has 3 N–H and O–H groups in total. The Kier molecular flexibility index (Phi) is 9.17. The van der Waals surface area contributed by atoms with Crippen LogP contribution in [0.1, 0.15) is 38.5 Å². The van der Waals surface area contributed by atoms with Crippen molar-refractivity contribution in [1.29, 1.82) is 0 Å². The highest BCUT2D eigenvalue weighted by Crippen LogP contribution is 2.38. The molecule has 1 aromatic carbocycles. The van der Waals surface area contributed by atoms with Crippen LogP contribution in [0.15, 0.2) is 18.2 Å². The van der Waals surface area contributed by atoms with Crippen molar-refractivity contribution in [3.8, 4) is 5.75 Å². The van der Waals surface area contributed by atoms with Gasteiger partial charge in [-0.15, -0.1) is 12.4 Å². The Balaban J connectivity index is 0.00000312. The van der Waals surface area contributed by atoms with Crippen molar-refractivity contribution >= 4 is 24.0 Å². The van der Waals surface area contributed by atoms with Crippen LogP contribution >= 0.6 is 12.4 Å². The number of carbonyl (C=O) groups is 1. The predicted octanol–water partition coefficient (Wildman–Crippen LogP) is 3.51. The summed E-state index contributed by atoms with van der Waals surface area (Å²) < 4.78 is 24.0. The van der Waals surface area contributed by atoms with Gasteiger partial charge in [-0.2, -0.15) is 0 Å². The standard InChI is InChI=1S/C18H27FN2O3.ClH/c1-23-9-10-24-16-6-5-14(19)11-15(16)21-17(22)12-18(13-20)7-3-2-4-8-18;/h5-6,11H,2-4,7-10,12-13,20H2,1H3,(H,21,22);1H. The molecule has 7 heteroatoms. The van der Waals surface area contributed by atoms with Gasteiger partial charge in [0.15, 0.2) is 0 Å². The fourth-order valence-electron chi connectivity index (χ4n) is 3.25. The molecular weight excluding hydrogens is 347 g/mol. The molecule has 142 valence electrons. The Morgan fingerprint density at radius 3 is 2.64 bits per heavy atom. The summed E-state index contributed by atoms with van der Waals surface area (Å²) in [5, 5.41) is 2.78. The van der Waals surface area contributed by atoms with Crippen molar-refractivity contribution in [3.05, 3.63) is 24.0 Å². The molecule has 1 saturated carbocycles. The van der Waals surface area contributed by atoms with E-state index in [1.54, 1.807) is 7.11 Å². The largest absolute Gasteiger partial charge is 0.489 e. The minimum Gasteiger partial charge on any atom is -0.489 e. The van der Waals surface area contributed by atoms with Crippen molar-refractivity contribution in [2.24, 2.45) is 11.1 Å². The molecule has 0 saturated heterocycles. The van der Waals surface area contributed by atoms with E-state index in [0.717, 1.165) is 25.7 Å². The fraction of sp³-hybridized carbons (Fsp3) is 0.611. The summed E-state index contributed by atoms with van der Waals surface area (Å²) in [5.74, 6) is -0.132. The van der Waals surface area contributed by atoms with Gasteiger partial charge in [-0.25, -0.2) is 4.39 Å². The first-order valence-corrected chi connectivity index (χ1v) is 8.50. The number of anilines is 1. The van der Waals surface area contributed by atoms with E-state index in [-0.39, 0.29) is 23.7 Å². The van der Waals surface area contributed by atoms with E-state index in [4.69, 9.17) is 15.2 Å². The number of carbonyl (C=O) groups excluding carboxylic acids is 1. The molecule has 0 heterocycles. The zero-order valence-electron chi connectivity index (χ0n) is 14.7. The van der Waals surface area contributed by atoms with E-state index in [9.17, 15) is 9.18 Å². The van der Waals surface area contributed by atoms with E-state index < -0.39 is 5.82 Å². The first kappa shape index (κ1) is 21.7. The molecule has 1 aromatic rings. The topological polar surface area (TPSA) is 73.6 Å². The van der Waals surface area contributed by atoms with Crippen molar-refractivity contribution in [1.82, 2.24) is 0 Å². The van der Waals surface area contributed by atoms with Crippen molar-refractivity contribution in [2.45, 2.75) is 38.5 Å². The number of benzene rings is 1. The molecule has 1 amide bonds. The third-order valence-corrected chi connectivity index (χ3v) is 4.64. The maximum atomic E-state index is 13.5. The maximum Gasteiger partial charge on any atom is 0.225 e. The van der Waals surface area contributed by atoms with Crippen molar-refractivity contribution in [2.75, 3.05) is 32.2 Å². The Labute approximate surface area is 154 Å². The summed E-state index contributed by atoms with van der Waals surface area (Å²) in [6, 6.07) is 4.09. The average Bonchev–Trinajstić information content (AvgIpc) is 2.57. The Bertz CT molecular complexity index is 551. The summed E-state index contributed by atoms with van der Waals surface area (Å²) in [5.41, 5.74) is 6.15. The van der Waals surface area contributed by atoms with Gasteiger partial charge in [0.1, 0.15) is 18.2 Å². The van der Waals surface area contributed by atoms with Gasteiger partial charge >= 0.3 is 0 Å². The maximum absolute atomic E-state index is 13.5. The second kappa shape index (κ2) is 10.6. The molecule has 0 unspecified atom stereocenters. The van der Waals surface area contributed by atoms with Crippen molar-refractivity contribution < 1.29 is 18.7 Å². The SMILES string of the molecule is COCCOc1ccc(F)cc1NC(=O)CC1(CN)CCCCC1.Cl. The lowest BCUT2D eigenvalue weighted by atomic mass is 9.71. The van der Waals surface area contributed by atoms with Gasteiger partial charge in [0.2, 0.25) is 5.91 Å². The Morgan fingerprint density at radius 2 is 2.00 bits per heavy atom. The highest BCUT2D eigenvalue weighted by Gasteiger charge is 2.33. The molecule has 25 heavy (non-hydrogen) atoms. The predicted molar refractivity (Wildman–Crippen MR) is 98.8 cm³/mol. The van der Waals surface area contributed by atoms with Crippen LogP contribution in [0.5, 0.6) is 5.75 Å². The number of methoxy groups -OCH3 is 1. The molecule has 0 bridgehead atoms. The zero-order valence-corrected chi connectivity index (χ0v) is 15.5. The second-order valence-electron chi connectivity index (χ2n) is 6.47. The lowest BCUT2D eigenvalue weighted by Crippen LogP contribution is -2.36. The smallest absolute Gasteiger partial charge is 0.225 e. The zero-order chi connectivity index (χ0) is 17.4. The van der Waals surface area contributed by atoms with Crippen LogP contribution in [0, 0.1) is 11.2 Å². The highest BCUT2D eigenvalue weighted by molar-refractivity contribution is 5.92. The number of nitrogens with one attached hydrogen (secondary N) is 1. The highest BCUT2D eigenvalue weighted by atomic mass is 35.5. The summed E-state index contributed by atoms with van der Waals surface area (Å²) in [6.45, 7) is 1.25. The van der Waals surface area contributed by atoms with Crippen LogP contribution in [-0.4, -0.2) is 32.8 Å². The second-order valence-corrected chi connectivity index (χ2v) is 6.47. The summed E-state index contributed by atoms with van der Waals surface area (Å²) in [4.78, 5) is 12.5. The summed E-state index contributed by atoms with van der Waals surface area (Å²) >= 11 is 0. The number of ether oxygens (including phenoxy) is 2. The van der Waals surface area contributed by atoms with Crippen LogP contribution in [0.3, 0.4) is 0 Å². The minimum atomic E-state index is -0.421. The molecule has 0 radical (unpaired) electrons. The van der Waals surface area contributed by atoms with E-state index in [1.807, 2.05) is 0 Å². The molecular formula is C18H28ClFN2O3. The molecule has 5 nitrogen and oxygen atoms in total. The Hall–Kier alpha value is -1.37. The number of rotatable bonds is 8. The quantitative estimate of drug-likeness (QED) is 0.683. The fourth-order valence-corrected chi connectivity index (χ4v) is 3.25. The molecule has 0 aromatic heterocycles. The van der Waals surface area contributed by atoms with Crippen LogP contribution in [0.2, 0.25) is 0 Å². The van der Waals surface area contributed by atoms with Gasteiger partial charge in [0.05, 0.1) is 12.3 Å². The molecule has 0 atom stereocenters. The molecule has 0 spiro atoms. The normalized spacial score (nSPS) is 16.0. The molecule has 0 aliphatic heterocycles. The van der Waals surface area contributed by atoms with E-state index in [2.05, 4.69) is 5.32 Å². The summed E-state index contributed by atoms with van der Waals surface area (Å²) in [6.07, 6.45) is 5.71.